The van der Waals surface area contributed by atoms with Gasteiger partial charge in [-0.25, -0.2) is 14.6 Å². The van der Waals surface area contributed by atoms with E-state index in [9.17, 15) is 87.4 Å². The highest BCUT2D eigenvalue weighted by molar-refractivity contribution is 6.64. The molecular weight excluding hydrogens is 1910 g/mol. The Balaban J connectivity index is 0. The number of Topliss-reactive ketones (excluding diaryl/α,β-unsaturated/α-hetero) is 4. The first-order chi connectivity index (χ1) is 88.7. The number of rotatable bonds is 6. The van der Waals surface area contributed by atoms with Crippen LogP contribution in [0.3, 0.4) is 0 Å². The summed E-state index contributed by atoms with van der Waals surface area (Å²) in [6.45, 7) is 50.5. The molecule has 3 amide bonds. The minimum absolute atomic E-state index is 0.00713. The molecule has 0 aromatic carbocycles. The number of hydrazine groups is 2. The zero-order chi connectivity index (χ0) is 148. The molecule has 12 fully saturated rings. The molecule has 20 aliphatic rings. The van der Waals surface area contributed by atoms with Crippen LogP contribution < -0.4 is 22.1 Å². The van der Waals surface area contributed by atoms with Gasteiger partial charge in [-0.2, -0.15) is 21.0 Å². The molecule has 0 spiro atoms. The minimum atomic E-state index is -1.22. The molecule has 0 unspecified atom stereocenters. The second kappa shape index (κ2) is 36.1. The number of carbonyl (C=O) groups excluding carboxylic acids is 12. The average Bonchev–Trinajstić information content (AvgIpc) is 0.763. The third kappa shape index (κ3) is 15.3. The van der Waals surface area contributed by atoms with E-state index in [1.54, 1.807) is 0 Å². The Bertz CT molecular complexity index is 6630. The first kappa shape index (κ1) is 87.8. The van der Waals surface area contributed by atoms with Crippen molar-refractivity contribution in [3.05, 3.63) is 105 Å². The van der Waals surface area contributed by atoms with Crippen molar-refractivity contribution in [1.82, 2.24) is 26.5 Å². The van der Waals surface area contributed by atoms with E-state index in [1.165, 1.54) is 0 Å². The molecule has 20 aliphatic carbocycles. The molecule has 0 saturated heterocycles. The number of nitrogens with two attached hydrogens (primary N) is 1. The van der Waals surface area contributed by atoms with Crippen LogP contribution in [0.25, 0.3) is 0 Å². The molecule has 5 N–H and O–H groups in total. The van der Waals surface area contributed by atoms with Crippen LogP contribution in [0.4, 0.5) is 8.78 Å². The van der Waals surface area contributed by atoms with Crippen LogP contribution in [-0.2, 0) is 69.6 Å². The molecule has 23 nitrogen and oxygen atoms in total. The number of amides is 3. The van der Waals surface area contributed by atoms with Crippen molar-refractivity contribution in [3.63, 3.8) is 0 Å². The van der Waals surface area contributed by atoms with Crippen molar-refractivity contribution >= 4 is 80.8 Å². The predicted octanol–water partition coefficient (Wildman–Crippen LogP) is 27.6. The van der Waals surface area contributed by atoms with Gasteiger partial charge in [0.2, 0.25) is 28.8 Å². The van der Waals surface area contributed by atoms with Gasteiger partial charge < -0.3 is 4.42 Å². The number of hydrogen-bond acceptors (Lipinski definition) is 20. The summed E-state index contributed by atoms with van der Waals surface area (Å²) in [6.07, 6.45) is 37.8. The SMILES string of the molecule is C[C@@H]1C(=O)C(C#N)=C[C@]2(C)C3=CC(=O)[C@@H]4[C@@H]5CC(C)(C)CC[C@]5(C(=O)Cl)CC[C@@]4(C)[C@]3(C)CC[C@@H]12.C[C@@H]1C(=O)C(C#N)=C[C@]2(C)C3=CC(=O)[C@@H]4[C@@H]5CC(C)(C)CC[C@]5(C(=O)NN)CC[C@@]4(C)[C@]3(C)CC[C@@H]12.C[C@@H]1C(=O)C(C#N)=C[C@]2(C)C3=CC(=O)[C@@H]4[C@@H]5CC(C)(C)CC[C@]5(C(=O)NNC(=O)CF)CC[C@@]4(C)[C@]3(C)CC[C@@H]12.C[C@@H]1C(=O)C(C#N)=C[C@]2(C)C3=CC(=O)[C@@H]4[C@@H]5CC(C)(C)CC[C@]5(c5nnc(CF)o5)CC[C@@]4(C)[C@]3(C)CC[C@@H]12.[3H][3H].[3H][3H].[3H][3H].[3H][3H].[3H][3H].[3H][3H].[3H][3H].[3H][3H].[3H][3H].[3H][3H].[3H][3H].[3H][3H].[3H][3H].[3H][3H].[3H][3H].[3H][3H].[3H][3H].[3H][3H].[3H][3H]. The van der Waals surface area contributed by atoms with Crippen LogP contribution >= 0.6 is 11.6 Å². The van der Waals surface area contributed by atoms with E-state index in [0.29, 0.717) is 31.6 Å². The van der Waals surface area contributed by atoms with E-state index in [2.05, 4.69) is 189 Å². The summed E-state index contributed by atoms with van der Waals surface area (Å²) in [7, 11) is 0. The van der Waals surface area contributed by atoms with Gasteiger partial charge in [-0.1, -0.05) is 213 Å². The van der Waals surface area contributed by atoms with E-state index < -0.39 is 68.0 Å². The maximum Gasteiger partial charge on any atom is 0.269 e. The standard InChI is InChI=1S/C32H42FN3O4.C32H40FN3O3.C30H38ClNO3.C30H41N3O3.19H2/c1-18-20-7-8-30(5)23(29(20,4)14-19(17-34)26(18)39)13-22(37)25-21-15-28(2,3)9-11-32(21,12-10-31(25,30)6)27(40)36-35-24(38)16-33;1-18-20-7-8-30(5)23(29(20,4)14-19(17-34)26(18)38)13-22(37)25-21-15-28(2,3)9-11-32(21,12-10-31(25,30)6)27-36-35-24(16-33)39-27;1-17-19-7-8-28(5)22(27(19,4)14-18(16-32)24(17)34)13-21(33)23-20-15-26(2,3)9-11-30(20,25(31)35)12-10-29(23,28)6;1-17-19-7-8-28(5)22(27(19,4)14-18(16-31)24(17)35)13-21(34)23-20-15-26(2,3)9-11-30(20,25(36)33-32)12-10-29(23,28)6;;;;;;;;;;;;;;;;;;;/h13-14,18,20-21,25H,7-12,15-16H2,1-6H3,(H,35,38)(H,36,40);13-14,18,20-21,25H,7-12,15-16H2,1-6H3;13-14,17,19-20,23H,7-12,15H2,1-6H3;13-14,17,19-20,23H,7-12,15,32H2,1-6H3,(H,33,36);19*1H/t2*18-,20-,21-,25-,29-,30+,31+,32-;2*17-,19-,20-,23-,27-,28+,29+,30-;;;;;;;;;;;;;;;;;;;/m0000.................../s1/i;;;;19*1+2T. The summed E-state index contributed by atoms with van der Waals surface area (Å²) < 4.78 is 222. The van der Waals surface area contributed by atoms with Gasteiger partial charge in [-0.15, -0.1) is 10.2 Å². The second-order valence-electron chi connectivity index (χ2n) is 57.3. The van der Waals surface area contributed by atoms with Gasteiger partial charge in [-0.05, 0) is 328 Å². The number of allylic oxidation sites excluding steroid dienone is 16. The zero-order valence-electron chi connectivity index (χ0n) is 131. The largest absolute Gasteiger partial charge is 0.422 e. The number of nitrogens with one attached hydrogen (secondary N) is 3. The lowest BCUT2D eigenvalue weighted by Crippen LogP contribution is -2.66. The van der Waals surface area contributed by atoms with Crippen LogP contribution in [0.5, 0.6) is 0 Å². The predicted molar refractivity (Wildman–Crippen MR) is 601 cm³/mol. The van der Waals surface area contributed by atoms with Crippen LogP contribution in [0, 0.1) is 243 Å². The molecule has 12 saturated carbocycles. The van der Waals surface area contributed by atoms with Crippen molar-refractivity contribution in [2.24, 2.45) is 203 Å². The lowest BCUT2D eigenvalue weighted by molar-refractivity contribution is -0.179. The van der Waals surface area contributed by atoms with Crippen molar-refractivity contribution < 1.29 is 127 Å². The average molecular weight is 2190 g/mol. The fourth-order valence-electron chi connectivity index (χ4n) is 39.5. The Labute approximate surface area is 949 Å². The first-order valence-corrected chi connectivity index (χ1v) is 56.6. The van der Waals surface area contributed by atoms with Gasteiger partial charge in [0, 0.05) is 131 Å². The number of nitriles is 4. The van der Waals surface area contributed by atoms with Gasteiger partial charge in [0.1, 0.15) is 24.3 Å². The van der Waals surface area contributed by atoms with E-state index in [0.717, 1.165) is 176 Å². The molecule has 32 atom stereocenters. The molecule has 21 rings (SSSR count). The Hall–Kier alpha value is -9.43. The fourth-order valence-corrected chi connectivity index (χ4v) is 39.8. The molecular formula is C124H199ClF2N10O13. The number of nitrogens with zero attached hydrogens (tertiary/aromatic N) is 6. The second-order valence-corrected chi connectivity index (χ2v) is 57.6. The van der Waals surface area contributed by atoms with Crippen molar-refractivity contribution in [2.45, 2.75) is 358 Å². The van der Waals surface area contributed by atoms with E-state index in [4.69, 9.17) is 78.3 Å². The number of hydrogen-bond donors (Lipinski definition) is 4. The van der Waals surface area contributed by atoms with Crippen LogP contribution in [0.15, 0.2) is 97.6 Å². The molecule has 0 aliphatic heterocycles. The van der Waals surface area contributed by atoms with E-state index in [-0.39, 0.29) is 246 Å². The number of ketones is 8. The maximum absolute atomic E-state index is 14.5. The monoisotopic (exact) mass is 2190 g/mol. The molecule has 0 bridgehead atoms. The molecule has 26 heteroatoms. The maximum atomic E-state index is 14.5. The van der Waals surface area contributed by atoms with E-state index in [1.807, 2.05) is 76.3 Å². The summed E-state index contributed by atoms with van der Waals surface area (Å²) in [6, 6.07) is 8.55. The molecule has 844 valence electrons. The lowest BCUT2D eigenvalue weighted by Gasteiger charge is -2.68. The molecule has 150 heavy (non-hydrogen) atoms. The summed E-state index contributed by atoms with van der Waals surface area (Å²) in [5.74, 6) is 2.72. The summed E-state index contributed by atoms with van der Waals surface area (Å²) in [5, 5.41) is 47.1. The Morgan fingerprint density at radius 2 is 0.647 bits per heavy atom. The van der Waals surface area contributed by atoms with Crippen LogP contribution in [0.1, 0.15) is 414 Å². The highest BCUT2D eigenvalue weighted by Gasteiger charge is 2.77. The minimum Gasteiger partial charge on any atom is -0.422 e. The van der Waals surface area contributed by atoms with Gasteiger partial charge in [0.15, 0.2) is 59.6 Å². The van der Waals surface area contributed by atoms with Gasteiger partial charge >= 0.3 is 0 Å². The van der Waals surface area contributed by atoms with Gasteiger partial charge in [0.25, 0.3) is 5.91 Å². The number of halogens is 3. The number of aromatic nitrogens is 2. The molecule has 1 heterocycles. The smallest absolute Gasteiger partial charge is 0.269 e. The van der Waals surface area contributed by atoms with Crippen LogP contribution in [-0.4, -0.2) is 86.1 Å². The summed E-state index contributed by atoms with van der Waals surface area (Å²) in [4.78, 5) is 161. The quantitative estimate of drug-likeness (QED) is 0.0889. The number of fused-ring (bicyclic) bond motifs is 28. The Morgan fingerprint density at radius 3 is 0.940 bits per heavy atom. The van der Waals surface area contributed by atoms with Crippen molar-refractivity contribution in [3.8, 4) is 24.3 Å². The first-order valence-electron chi connectivity index (χ1n) is 75.2. The third-order valence-electron chi connectivity index (χ3n) is 48.9. The van der Waals surface area contributed by atoms with Gasteiger partial charge in [-0.3, -0.25) is 73.8 Å². The summed E-state index contributed by atoms with van der Waals surface area (Å²) >= 11 is 6.35. The highest BCUT2D eigenvalue weighted by atomic mass is 35.5. The number of carbonyl (C=O) groups is 12. The fraction of sp³-hybridized carbons (Fsp3) is 0.726. The van der Waals surface area contributed by atoms with E-state index >= 15 is 0 Å². The van der Waals surface area contributed by atoms with Crippen molar-refractivity contribution in [2.75, 3.05) is 6.67 Å². The Kier molecular flexibility index (Phi) is 21.1. The molecule has 1 aromatic heterocycles. The number of alkyl halides is 2. The lowest BCUT2D eigenvalue weighted by atomic mass is 9.35. The van der Waals surface area contributed by atoms with Crippen molar-refractivity contribution in [1.29, 1.82) is 21.0 Å². The molecule has 1 aromatic rings. The highest BCUT2D eigenvalue weighted by Crippen LogP contribution is 2.81. The Morgan fingerprint density at radius 1 is 0.380 bits per heavy atom. The summed E-state index contributed by atoms with van der Waals surface area (Å²) in [5.41, 5.74) is 5.37. The van der Waals surface area contributed by atoms with Crippen LogP contribution in [0.2, 0.25) is 0 Å². The topological polar surface area (TPSA) is 401 Å². The molecule has 0 radical (unpaired) electrons. The zero-order valence-corrected chi connectivity index (χ0v) is 94.0. The normalized spacial score (nSPS) is 46.8. The van der Waals surface area contributed by atoms with Gasteiger partial charge in [0.05, 0.1) is 38.5 Å². The third-order valence-corrected chi connectivity index (χ3v) is 49.3.